The van der Waals surface area contributed by atoms with E-state index in [1.807, 2.05) is 13.0 Å². The molecule has 98 valence electrons. The standard InChI is InChI=1S/C14H20N2O2/c1-4-6-11-9-10(2)15-12(16-11)14(7-5-8-14)13(17)18-3/h9H,4-8H2,1-3H3. The number of nitrogens with zero attached hydrogens (tertiary/aromatic N) is 2. The normalized spacial score (nSPS) is 17.1. The van der Waals surface area contributed by atoms with Gasteiger partial charge in [0.1, 0.15) is 11.2 Å². The number of carbonyl (C=O) groups is 1. The molecule has 0 saturated heterocycles. The summed E-state index contributed by atoms with van der Waals surface area (Å²) in [5.41, 5.74) is 1.37. The Kier molecular flexibility index (Phi) is 3.64. The van der Waals surface area contributed by atoms with E-state index in [0.717, 1.165) is 43.5 Å². The molecule has 4 nitrogen and oxygen atoms in total. The molecule has 0 atom stereocenters. The Labute approximate surface area is 108 Å². The molecule has 0 spiro atoms. The van der Waals surface area contributed by atoms with Crippen LogP contribution in [0.25, 0.3) is 0 Å². The molecule has 0 N–H and O–H groups in total. The topological polar surface area (TPSA) is 52.1 Å². The molecule has 1 aliphatic rings. The fourth-order valence-electron chi connectivity index (χ4n) is 2.48. The van der Waals surface area contributed by atoms with E-state index in [2.05, 4.69) is 16.9 Å². The van der Waals surface area contributed by atoms with E-state index in [1.165, 1.54) is 7.11 Å². The van der Waals surface area contributed by atoms with Gasteiger partial charge in [0.2, 0.25) is 0 Å². The number of aryl methyl sites for hydroxylation is 2. The summed E-state index contributed by atoms with van der Waals surface area (Å²) in [6, 6.07) is 2.00. The highest BCUT2D eigenvalue weighted by Gasteiger charge is 2.49. The van der Waals surface area contributed by atoms with Crippen LogP contribution in [-0.4, -0.2) is 23.0 Å². The minimum Gasteiger partial charge on any atom is -0.468 e. The van der Waals surface area contributed by atoms with Crippen LogP contribution in [0.1, 0.15) is 49.8 Å². The summed E-state index contributed by atoms with van der Waals surface area (Å²) in [5.74, 6) is 0.464. The zero-order valence-corrected chi connectivity index (χ0v) is 11.3. The van der Waals surface area contributed by atoms with Crippen molar-refractivity contribution in [2.45, 2.75) is 51.4 Å². The van der Waals surface area contributed by atoms with Gasteiger partial charge < -0.3 is 4.74 Å². The lowest BCUT2D eigenvalue weighted by molar-refractivity contribution is -0.151. The first-order chi connectivity index (χ1) is 8.62. The average Bonchev–Trinajstić information content (AvgIpc) is 2.27. The summed E-state index contributed by atoms with van der Waals surface area (Å²) in [6.45, 7) is 4.07. The van der Waals surface area contributed by atoms with Crippen molar-refractivity contribution in [3.8, 4) is 0 Å². The molecule has 1 fully saturated rings. The lowest BCUT2D eigenvalue weighted by Gasteiger charge is -2.37. The van der Waals surface area contributed by atoms with Gasteiger partial charge in [0, 0.05) is 11.4 Å². The predicted molar refractivity (Wildman–Crippen MR) is 68.3 cm³/mol. The third-order valence-corrected chi connectivity index (χ3v) is 3.62. The van der Waals surface area contributed by atoms with Crippen molar-refractivity contribution in [1.82, 2.24) is 9.97 Å². The molecule has 1 heterocycles. The van der Waals surface area contributed by atoms with Crippen molar-refractivity contribution in [2.24, 2.45) is 0 Å². The summed E-state index contributed by atoms with van der Waals surface area (Å²) in [7, 11) is 1.44. The van der Waals surface area contributed by atoms with Crippen LogP contribution in [0.4, 0.5) is 0 Å². The van der Waals surface area contributed by atoms with Crippen LogP contribution in [0.2, 0.25) is 0 Å². The molecule has 4 heteroatoms. The number of ether oxygens (including phenoxy) is 1. The van der Waals surface area contributed by atoms with Crippen molar-refractivity contribution in [1.29, 1.82) is 0 Å². The van der Waals surface area contributed by atoms with Crippen LogP contribution in [0.15, 0.2) is 6.07 Å². The number of hydrogen-bond donors (Lipinski definition) is 0. The molecule has 0 aromatic carbocycles. The lowest BCUT2D eigenvalue weighted by Crippen LogP contribution is -2.45. The molecular formula is C14H20N2O2. The van der Waals surface area contributed by atoms with Crippen LogP contribution in [-0.2, 0) is 21.4 Å². The van der Waals surface area contributed by atoms with E-state index >= 15 is 0 Å². The number of methoxy groups -OCH3 is 1. The largest absolute Gasteiger partial charge is 0.468 e. The van der Waals surface area contributed by atoms with Gasteiger partial charge in [0.25, 0.3) is 0 Å². The summed E-state index contributed by atoms with van der Waals surface area (Å²) < 4.78 is 4.93. The number of esters is 1. The Balaban J connectivity index is 2.39. The average molecular weight is 248 g/mol. The first-order valence-corrected chi connectivity index (χ1v) is 6.56. The Morgan fingerprint density at radius 1 is 1.44 bits per heavy atom. The fraction of sp³-hybridized carbons (Fsp3) is 0.643. The maximum atomic E-state index is 12.0. The minimum atomic E-state index is -0.580. The number of aromatic nitrogens is 2. The molecule has 18 heavy (non-hydrogen) atoms. The van der Waals surface area contributed by atoms with Gasteiger partial charge in [-0.25, -0.2) is 9.97 Å². The third kappa shape index (κ3) is 2.11. The second kappa shape index (κ2) is 5.04. The predicted octanol–water partition coefficient (Wildman–Crippen LogP) is 2.33. The molecular weight excluding hydrogens is 228 g/mol. The summed E-state index contributed by atoms with van der Waals surface area (Å²) in [5, 5.41) is 0. The van der Waals surface area contributed by atoms with Gasteiger partial charge >= 0.3 is 5.97 Å². The van der Waals surface area contributed by atoms with Gasteiger partial charge in [-0.2, -0.15) is 0 Å². The zero-order valence-electron chi connectivity index (χ0n) is 11.3. The van der Waals surface area contributed by atoms with E-state index in [4.69, 9.17) is 4.74 Å². The zero-order chi connectivity index (χ0) is 13.2. The monoisotopic (exact) mass is 248 g/mol. The molecule has 0 amide bonds. The number of rotatable bonds is 4. The molecule has 0 radical (unpaired) electrons. The Morgan fingerprint density at radius 3 is 2.67 bits per heavy atom. The molecule has 1 aliphatic carbocycles. The van der Waals surface area contributed by atoms with Crippen molar-refractivity contribution in [2.75, 3.05) is 7.11 Å². The first-order valence-electron chi connectivity index (χ1n) is 6.56. The smallest absolute Gasteiger partial charge is 0.319 e. The fourth-order valence-corrected chi connectivity index (χ4v) is 2.48. The van der Waals surface area contributed by atoms with Gasteiger partial charge in [-0.05, 0) is 32.3 Å². The van der Waals surface area contributed by atoms with E-state index in [0.29, 0.717) is 5.82 Å². The maximum Gasteiger partial charge on any atom is 0.319 e. The second-order valence-corrected chi connectivity index (χ2v) is 5.00. The molecule has 1 aromatic heterocycles. The van der Waals surface area contributed by atoms with Gasteiger partial charge in [0.05, 0.1) is 7.11 Å². The van der Waals surface area contributed by atoms with Crippen LogP contribution in [0.5, 0.6) is 0 Å². The highest BCUT2D eigenvalue weighted by atomic mass is 16.5. The van der Waals surface area contributed by atoms with Crippen molar-refractivity contribution in [3.05, 3.63) is 23.3 Å². The quantitative estimate of drug-likeness (QED) is 0.767. The van der Waals surface area contributed by atoms with Crippen LogP contribution >= 0.6 is 0 Å². The highest BCUT2D eigenvalue weighted by Crippen LogP contribution is 2.43. The van der Waals surface area contributed by atoms with Gasteiger partial charge in [0.15, 0.2) is 0 Å². The van der Waals surface area contributed by atoms with Crippen LogP contribution < -0.4 is 0 Å². The van der Waals surface area contributed by atoms with Gasteiger partial charge in [-0.3, -0.25) is 4.79 Å². The third-order valence-electron chi connectivity index (χ3n) is 3.62. The van der Waals surface area contributed by atoms with E-state index < -0.39 is 5.41 Å². The van der Waals surface area contributed by atoms with Crippen molar-refractivity contribution >= 4 is 5.97 Å². The number of carbonyl (C=O) groups excluding carboxylic acids is 1. The molecule has 2 rings (SSSR count). The highest BCUT2D eigenvalue weighted by molar-refractivity contribution is 5.83. The van der Waals surface area contributed by atoms with Gasteiger partial charge in [-0.1, -0.05) is 19.8 Å². The number of hydrogen-bond acceptors (Lipinski definition) is 4. The SMILES string of the molecule is CCCc1cc(C)nc(C2(C(=O)OC)CCC2)n1. The maximum absolute atomic E-state index is 12.0. The van der Waals surface area contributed by atoms with E-state index in [9.17, 15) is 4.79 Å². The lowest BCUT2D eigenvalue weighted by atomic mass is 9.68. The molecule has 0 aliphatic heterocycles. The molecule has 0 bridgehead atoms. The molecule has 1 aromatic rings. The van der Waals surface area contributed by atoms with E-state index in [-0.39, 0.29) is 5.97 Å². The van der Waals surface area contributed by atoms with Crippen LogP contribution in [0, 0.1) is 6.92 Å². The first kappa shape index (κ1) is 13.0. The van der Waals surface area contributed by atoms with Crippen molar-refractivity contribution < 1.29 is 9.53 Å². The van der Waals surface area contributed by atoms with Crippen LogP contribution in [0.3, 0.4) is 0 Å². The molecule has 1 saturated carbocycles. The Morgan fingerprint density at radius 2 is 2.17 bits per heavy atom. The summed E-state index contributed by atoms with van der Waals surface area (Å²) in [4.78, 5) is 21.0. The van der Waals surface area contributed by atoms with Gasteiger partial charge in [-0.15, -0.1) is 0 Å². The molecule has 0 unspecified atom stereocenters. The van der Waals surface area contributed by atoms with Crippen molar-refractivity contribution in [3.63, 3.8) is 0 Å². The summed E-state index contributed by atoms with van der Waals surface area (Å²) >= 11 is 0. The minimum absolute atomic E-state index is 0.193. The summed E-state index contributed by atoms with van der Waals surface area (Å²) in [6.07, 6.45) is 4.60. The second-order valence-electron chi connectivity index (χ2n) is 5.00. The van der Waals surface area contributed by atoms with E-state index in [1.54, 1.807) is 0 Å². The Hall–Kier alpha value is -1.45. The Bertz CT molecular complexity index is 453.